The molecule has 1 aromatic heterocycles. The molecule has 0 atom stereocenters. The van der Waals surface area contributed by atoms with Crippen molar-refractivity contribution in [2.45, 2.75) is 19.9 Å². The molecule has 7 heteroatoms. The Hall–Kier alpha value is -1.60. The van der Waals surface area contributed by atoms with Crippen LogP contribution in [-0.4, -0.2) is 19.2 Å². The van der Waals surface area contributed by atoms with Crippen LogP contribution < -0.4 is 10.5 Å². The molecule has 0 aliphatic rings. The number of benzene rings is 1. The van der Waals surface area contributed by atoms with Gasteiger partial charge in [0.15, 0.2) is 5.58 Å². The summed E-state index contributed by atoms with van der Waals surface area (Å²) in [7, 11) is -3.22. The number of H-pyrrole nitrogens is 1. The molecule has 1 aromatic carbocycles. The maximum absolute atomic E-state index is 11.5. The molecule has 6 nitrogen and oxygen atoms in total. The fourth-order valence-corrected chi connectivity index (χ4v) is 2.71. The molecular formula is C11H14N2O4S. The lowest BCUT2D eigenvalue weighted by Crippen LogP contribution is -2.25. The number of nitrogens with one attached hydrogen (secondary N) is 2. The van der Waals surface area contributed by atoms with E-state index in [1.807, 2.05) is 6.92 Å². The number of fused-ring (bicyclic) bond motifs is 1. The first-order valence-electron chi connectivity index (χ1n) is 5.59. The Kier molecular flexibility index (Phi) is 3.53. The molecule has 0 bridgehead atoms. The highest BCUT2D eigenvalue weighted by Gasteiger charge is 2.08. The Morgan fingerprint density at radius 3 is 2.89 bits per heavy atom. The molecule has 2 aromatic rings. The topological polar surface area (TPSA) is 92.2 Å². The lowest BCUT2D eigenvalue weighted by molar-refractivity contribution is 0.555. The zero-order chi connectivity index (χ0) is 13.2. The third-order valence-electron chi connectivity index (χ3n) is 2.45. The van der Waals surface area contributed by atoms with Gasteiger partial charge in [-0.2, -0.15) is 0 Å². The van der Waals surface area contributed by atoms with Gasteiger partial charge in [-0.05, 0) is 24.1 Å². The summed E-state index contributed by atoms with van der Waals surface area (Å²) in [5.41, 5.74) is 1.78. The van der Waals surface area contributed by atoms with Crippen molar-refractivity contribution in [2.24, 2.45) is 0 Å². The van der Waals surface area contributed by atoms with Crippen molar-refractivity contribution < 1.29 is 12.8 Å². The normalized spacial score (nSPS) is 12.1. The lowest BCUT2D eigenvalue weighted by atomic mass is 10.2. The molecule has 0 saturated carbocycles. The predicted molar refractivity (Wildman–Crippen MR) is 67.8 cm³/mol. The van der Waals surface area contributed by atoms with Gasteiger partial charge in [-0.25, -0.2) is 17.9 Å². The predicted octanol–water partition coefficient (Wildman–Crippen LogP) is 0.950. The van der Waals surface area contributed by atoms with Gasteiger partial charge >= 0.3 is 5.76 Å². The fourth-order valence-electron chi connectivity index (χ4n) is 1.64. The molecule has 0 amide bonds. The highest BCUT2D eigenvalue weighted by molar-refractivity contribution is 7.89. The van der Waals surface area contributed by atoms with Crippen molar-refractivity contribution in [1.82, 2.24) is 9.71 Å². The smallest absolute Gasteiger partial charge is 0.408 e. The highest BCUT2D eigenvalue weighted by Crippen LogP contribution is 2.12. The van der Waals surface area contributed by atoms with E-state index < -0.39 is 15.8 Å². The van der Waals surface area contributed by atoms with Gasteiger partial charge in [0.05, 0.1) is 11.3 Å². The third-order valence-corrected chi connectivity index (χ3v) is 3.98. The van der Waals surface area contributed by atoms with Gasteiger partial charge in [-0.1, -0.05) is 13.0 Å². The van der Waals surface area contributed by atoms with Crippen LogP contribution in [-0.2, 0) is 16.6 Å². The van der Waals surface area contributed by atoms with Gasteiger partial charge in [0.25, 0.3) is 0 Å². The molecule has 2 N–H and O–H groups in total. The molecule has 0 unspecified atom stereocenters. The van der Waals surface area contributed by atoms with Crippen LogP contribution in [0.3, 0.4) is 0 Å². The van der Waals surface area contributed by atoms with Gasteiger partial charge in [0.1, 0.15) is 0 Å². The molecular weight excluding hydrogens is 256 g/mol. The number of oxazole rings is 1. The second kappa shape index (κ2) is 4.95. The Bertz CT molecular complexity index is 699. The van der Waals surface area contributed by atoms with Crippen LogP contribution in [0.4, 0.5) is 0 Å². The molecule has 0 spiro atoms. The van der Waals surface area contributed by atoms with Gasteiger partial charge in [0, 0.05) is 6.54 Å². The maximum Gasteiger partial charge on any atom is 0.417 e. The molecule has 0 fully saturated rings. The zero-order valence-corrected chi connectivity index (χ0v) is 10.7. The van der Waals surface area contributed by atoms with E-state index >= 15 is 0 Å². The monoisotopic (exact) mass is 270 g/mol. The van der Waals surface area contributed by atoms with E-state index in [1.165, 1.54) is 0 Å². The van der Waals surface area contributed by atoms with Gasteiger partial charge in [0.2, 0.25) is 10.0 Å². The summed E-state index contributed by atoms with van der Waals surface area (Å²) in [6.07, 6.45) is 0.573. The first kappa shape index (κ1) is 12.8. The number of sulfonamides is 1. The zero-order valence-electron chi connectivity index (χ0n) is 9.89. The number of aromatic amines is 1. The fraction of sp³-hybridized carbons (Fsp3) is 0.364. The van der Waals surface area contributed by atoms with Crippen LogP contribution in [0, 0.1) is 0 Å². The molecule has 1 heterocycles. The maximum atomic E-state index is 11.5. The Morgan fingerprint density at radius 2 is 2.17 bits per heavy atom. The molecule has 0 radical (unpaired) electrons. The first-order valence-corrected chi connectivity index (χ1v) is 7.24. The van der Waals surface area contributed by atoms with Crippen LogP contribution in [0.5, 0.6) is 0 Å². The van der Waals surface area contributed by atoms with Gasteiger partial charge < -0.3 is 4.42 Å². The first-order chi connectivity index (χ1) is 8.50. The summed E-state index contributed by atoms with van der Waals surface area (Å²) in [6, 6.07) is 5.04. The summed E-state index contributed by atoms with van der Waals surface area (Å²) in [4.78, 5) is 13.5. The molecule has 18 heavy (non-hydrogen) atoms. The van der Waals surface area contributed by atoms with Crippen molar-refractivity contribution in [2.75, 3.05) is 5.75 Å². The number of aromatic nitrogens is 1. The number of hydrogen-bond acceptors (Lipinski definition) is 4. The Morgan fingerprint density at radius 1 is 1.39 bits per heavy atom. The quantitative estimate of drug-likeness (QED) is 0.846. The van der Waals surface area contributed by atoms with Gasteiger partial charge in [-0.3, -0.25) is 4.98 Å². The minimum atomic E-state index is -3.22. The van der Waals surface area contributed by atoms with Crippen molar-refractivity contribution in [1.29, 1.82) is 0 Å². The summed E-state index contributed by atoms with van der Waals surface area (Å²) in [6.45, 7) is 2.01. The second-order valence-electron chi connectivity index (χ2n) is 3.99. The van der Waals surface area contributed by atoms with E-state index in [0.29, 0.717) is 17.5 Å². The molecule has 0 aliphatic carbocycles. The van der Waals surface area contributed by atoms with E-state index in [9.17, 15) is 13.2 Å². The summed E-state index contributed by atoms with van der Waals surface area (Å²) in [5, 5.41) is 0. The van der Waals surface area contributed by atoms with Crippen molar-refractivity contribution >= 4 is 21.1 Å². The average Bonchev–Trinajstić information content (AvgIpc) is 2.65. The van der Waals surface area contributed by atoms with Crippen molar-refractivity contribution in [3.63, 3.8) is 0 Å². The van der Waals surface area contributed by atoms with E-state index in [1.54, 1.807) is 18.2 Å². The second-order valence-corrected chi connectivity index (χ2v) is 5.91. The molecule has 0 aliphatic heterocycles. The van der Waals surface area contributed by atoms with E-state index in [-0.39, 0.29) is 12.3 Å². The van der Waals surface area contributed by atoms with Crippen LogP contribution >= 0.6 is 0 Å². The van der Waals surface area contributed by atoms with E-state index in [0.717, 1.165) is 5.56 Å². The summed E-state index contributed by atoms with van der Waals surface area (Å²) in [5.74, 6) is -0.411. The summed E-state index contributed by atoms with van der Waals surface area (Å²) >= 11 is 0. The number of rotatable bonds is 5. The lowest BCUT2D eigenvalue weighted by Gasteiger charge is -2.05. The molecule has 2 rings (SSSR count). The van der Waals surface area contributed by atoms with Crippen molar-refractivity contribution in [3.8, 4) is 0 Å². The van der Waals surface area contributed by atoms with E-state index in [4.69, 9.17) is 4.42 Å². The third kappa shape index (κ3) is 2.99. The Balaban J connectivity index is 2.15. The average molecular weight is 270 g/mol. The van der Waals surface area contributed by atoms with Crippen LogP contribution in [0.25, 0.3) is 11.1 Å². The largest absolute Gasteiger partial charge is 0.417 e. The molecule has 98 valence electrons. The van der Waals surface area contributed by atoms with Crippen LogP contribution in [0.1, 0.15) is 18.9 Å². The van der Waals surface area contributed by atoms with Crippen LogP contribution in [0.2, 0.25) is 0 Å². The standard InChI is InChI=1S/C11H14N2O4S/c1-2-5-18(15,16)12-7-8-3-4-10-9(6-8)13-11(14)17-10/h3-4,6,12H,2,5,7H2,1H3,(H,13,14). The minimum Gasteiger partial charge on any atom is -0.408 e. The van der Waals surface area contributed by atoms with Crippen LogP contribution in [0.15, 0.2) is 27.4 Å². The number of hydrogen-bond donors (Lipinski definition) is 2. The Labute approximate surface area is 104 Å². The van der Waals surface area contributed by atoms with Gasteiger partial charge in [-0.15, -0.1) is 0 Å². The highest BCUT2D eigenvalue weighted by atomic mass is 32.2. The van der Waals surface area contributed by atoms with Crippen molar-refractivity contribution in [3.05, 3.63) is 34.3 Å². The minimum absolute atomic E-state index is 0.109. The van der Waals surface area contributed by atoms with E-state index in [2.05, 4.69) is 9.71 Å². The molecule has 0 saturated heterocycles. The summed E-state index contributed by atoms with van der Waals surface area (Å²) < 4.78 is 30.3. The SMILES string of the molecule is CCCS(=O)(=O)NCc1ccc2oc(=O)[nH]c2c1.